The van der Waals surface area contributed by atoms with Crippen molar-refractivity contribution in [1.29, 1.82) is 0 Å². The van der Waals surface area contributed by atoms with Crippen LogP contribution in [0.2, 0.25) is 0 Å². The fraction of sp³-hybridized carbons (Fsp3) is 0.312. The standard InChI is InChI=1S/C16H19N3OS/c1-12-15-4-3-9-18(15)10-11-19(12)16(21)17-13-5-7-14(20-2)8-6-13/h3-9,12H,10-11H2,1-2H3,(H,17,21)/t12-/m0/s1. The molecule has 1 N–H and O–H groups in total. The third-order valence-corrected chi connectivity index (χ3v) is 4.28. The van der Waals surface area contributed by atoms with Gasteiger partial charge in [-0.3, -0.25) is 0 Å². The van der Waals surface area contributed by atoms with Crippen molar-refractivity contribution in [3.8, 4) is 5.75 Å². The number of hydrogen-bond acceptors (Lipinski definition) is 2. The van der Waals surface area contributed by atoms with Gasteiger partial charge in [0.2, 0.25) is 0 Å². The molecule has 0 saturated carbocycles. The molecule has 0 spiro atoms. The van der Waals surface area contributed by atoms with Gasteiger partial charge < -0.3 is 19.5 Å². The van der Waals surface area contributed by atoms with E-state index in [-0.39, 0.29) is 6.04 Å². The SMILES string of the molecule is COc1ccc(NC(=S)N2CCn3cccc3[C@@H]2C)cc1. The first kappa shape index (κ1) is 13.9. The van der Waals surface area contributed by atoms with Crippen molar-refractivity contribution in [1.82, 2.24) is 9.47 Å². The lowest BCUT2D eigenvalue weighted by molar-refractivity contribution is 0.276. The second-order valence-corrected chi connectivity index (χ2v) is 5.54. The summed E-state index contributed by atoms with van der Waals surface area (Å²) in [6.45, 7) is 4.08. The Kier molecular flexibility index (Phi) is 3.84. The molecule has 21 heavy (non-hydrogen) atoms. The molecule has 0 amide bonds. The zero-order valence-corrected chi connectivity index (χ0v) is 13.1. The normalized spacial score (nSPS) is 17.2. The summed E-state index contributed by atoms with van der Waals surface area (Å²) in [5.74, 6) is 0.843. The van der Waals surface area contributed by atoms with Gasteiger partial charge >= 0.3 is 0 Å². The summed E-state index contributed by atoms with van der Waals surface area (Å²) in [7, 11) is 1.66. The van der Waals surface area contributed by atoms with Gasteiger partial charge in [0.25, 0.3) is 0 Å². The molecular formula is C16H19N3OS. The Hall–Kier alpha value is -2.01. The molecule has 0 fully saturated rings. The van der Waals surface area contributed by atoms with Gasteiger partial charge in [-0.05, 0) is 55.5 Å². The van der Waals surface area contributed by atoms with Crippen LogP contribution in [0, 0.1) is 0 Å². The van der Waals surface area contributed by atoms with Gasteiger partial charge in [-0.15, -0.1) is 0 Å². The van der Waals surface area contributed by atoms with Crippen molar-refractivity contribution < 1.29 is 4.74 Å². The minimum absolute atomic E-state index is 0.284. The van der Waals surface area contributed by atoms with Crippen LogP contribution < -0.4 is 10.1 Å². The molecular weight excluding hydrogens is 282 g/mol. The van der Waals surface area contributed by atoms with E-state index < -0.39 is 0 Å². The zero-order chi connectivity index (χ0) is 14.8. The number of aromatic nitrogens is 1. The summed E-state index contributed by atoms with van der Waals surface area (Å²) in [4.78, 5) is 2.23. The van der Waals surface area contributed by atoms with Crippen LogP contribution in [0.15, 0.2) is 42.6 Å². The Bertz CT molecular complexity index is 635. The molecule has 1 aliphatic heterocycles. The quantitative estimate of drug-likeness (QED) is 0.862. The number of thiocarbonyl (C=S) groups is 1. The van der Waals surface area contributed by atoms with Crippen molar-refractivity contribution in [2.75, 3.05) is 19.0 Å². The summed E-state index contributed by atoms with van der Waals surface area (Å²) in [6.07, 6.45) is 2.13. The van der Waals surface area contributed by atoms with Crippen LogP contribution in [-0.4, -0.2) is 28.2 Å². The maximum absolute atomic E-state index is 5.57. The summed E-state index contributed by atoms with van der Waals surface area (Å²) in [5, 5.41) is 4.07. The second-order valence-electron chi connectivity index (χ2n) is 5.15. The number of benzene rings is 1. The predicted octanol–water partition coefficient (Wildman–Crippen LogP) is 3.27. The van der Waals surface area contributed by atoms with Crippen LogP contribution >= 0.6 is 12.2 Å². The molecule has 1 atom stereocenters. The first-order valence-electron chi connectivity index (χ1n) is 7.06. The average Bonchev–Trinajstić information content (AvgIpc) is 2.98. The van der Waals surface area contributed by atoms with Gasteiger partial charge in [-0.2, -0.15) is 0 Å². The number of ether oxygens (including phenoxy) is 1. The van der Waals surface area contributed by atoms with E-state index in [2.05, 4.69) is 40.0 Å². The van der Waals surface area contributed by atoms with Crippen LogP contribution in [0.25, 0.3) is 0 Å². The topological polar surface area (TPSA) is 29.4 Å². The number of nitrogens with one attached hydrogen (secondary N) is 1. The van der Waals surface area contributed by atoms with Crippen LogP contribution in [0.4, 0.5) is 5.69 Å². The number of fused-ring (bicyclic) bond motifs is 1. The molecule has 0 aliphatic carbocycles. The van der Waals surface area contributed by atoms with Crippen LogP contribution in [0.5, 0.6) is 5.75 Å². The van der Waals surface area contributed by atoms with E-state index in [1.807, 2.05) is 24.3 Å². The summed E-state index contributed by atoms with van der Waals surface area (Å²) >= 11 is 5.57. The van der Waals surface area contributed by atoms with Gasteiger partial charge in [0.05, 0.1) is 13.2 Å². The predicted molar refractivity (Wildman–Crippen MR) is 88.8 cm³/mol. The number of methoxy groups -OCH3 is 1. The van der Waals surface area contributed by atoms with Crippen molar-refractivity contribution in [2.24, 2.45) is 0 Å². The lowest BCUT2D eigenvalue weighted by Gasteiger charge is -2.36. The monoisotopic (exact) mass is 301 g/mol. The average molecular weight is 301 g/mol. The second kappa shape index (κ2) is 5.77. The minimum atomic E-state index is 0.284. The Morgan fingerprint density at radius 2 is 2.00 bits per heavy atom. The lowest BCUT2D eigenvalue weighted by atomic mass is 10.1. The largest absolute Gasteiger partial charge is 0.497 e. The van der Waals surface area contributed by atoms with E-state index >= 15 is 0 Å². The smallest absolute Gasteiger partial charge is 0.174 e. The highest BCUT2D eigenvalue weighted by molar-refractivity contribution is 7.80. The van der Waals surface area contributed by atoms with Gasteiger partial charge in [0.1, 0.15) is 5.75 Å². The van der Waals surface area contributed by atoms with Crippen molar-refractivity contribution in [3.05, 3.63) is 48.3 Å². The molecule has 0 unspecified atom stereocenters. The number of rotatable bonds is 2. The van der Waals surface area contributed by atoms with Gasteiger partial charge in [-0.25, -0.2) is 0 Å². The molecule has 2 aromatic rings. The summed E-state index contributed by atoms with van der Waals surface area (Å²) < 4.78 is 7.45. The van der Waals surface area contributed by atoms with Gasteiger partial charge in [-0.1, -0.05) is 0 Å². The number of hydrogen-bond donors (Lipinski definition) is 1. The lowest BCUT2D eigenvalue weighted by Crippen LogP contribution is -2.42. The Morgan fingerprint density at radius 3 is 2.71 bits per heavy atom. The van der Waals surface area contributed by atoms with E-state index in [9.17, 15) is 0 Å². The first-order chi connectivity index (χ1) is 10.2. The Morgan fingerprint density at radius 1 is 1.24 bits per heavy atom. The van der Waals surface area contributed by atoms with E-state index in [4.69, 9.17) is 17.0 Å². The fourth-order valence-electron chi connectivity index (χ4n) is 2.73. The molecule has 0 saturated heterocycles. The van der Waals surface area contributed by atoms with Crippen LogP contribution in [-0.2, 0) is 6.54 Å². The highest BCUT2D eigenvalue weighted by Crippen LogP contribution is 2.26. The van der Waals surface area contributed by atoms with Crippen molar-refractivity contribution in [2.45, 2.75) is 19.5 Å². The van der Waals surface area contributed by atoms with E-state index in [1.54, 1.807) is 7.11 Å². The molecule has 110 valence electrons. The molecule has 5 heteroatoms. The Balaban J connectivity index is 1.71. The van der Waals surface area contributed by atoms with Gasteiger partial charge in [0.15, 0.2) is 5.11 Å². The zero-order valence-electron chi connectivity index (χ0n) is 12.2. The highest BCUT2D eigenvalue weighted by Gasteiger charge is 2.25. The van der Waals surface area contributed by atoms with Crippen molar-refractivity contribution >= 4 is 23.0 Å². The molecule has 0 bridgehead atoms. The highest BCUT2D eigenvalue weighted by atomic mass is 32.1. The number of anilines is 1. The Labute approximate surface area is 130 Å². The van der Waals surface area contributed by atoms with E-state index in [1.165, 1.54) is 5.69 Å². The first-order valence-corrected chi connectivity index (χ1v) is 7.46. The maximum Gasteiger partial charge on any atom is 0.174 e. The molecule has 1 aromatic heterocycles. The van der Waals surface area contributed by atoms with Crippen molar-refractivity contribution in [3.63, 3.8) is 0 Å². The van der Waals surface area contributed by atoms with E-state index in [0.29, 0.717) is 0 Å². The molecule has 1 aromatic carbocycles. The van der Waals surface area contributed by atoms with Crippen LogP contribution in [0.3, 0.4) is 0 Å². The van der Waals surface area contributed by atoms with Gasteiger partial charge in [0, 0.05) is 30.7 Å². The van der Waals surface area contributed by atoms with Crippen LogP contribution in [0.1, 0.15) is 18.7 Å². The molecule has 4 nitrogen and oxygen atoms in total. The molecule has 3 rings (SSSR count). The number of nitrogens with zero attached hydrogens (tertiary/aromatic N) is 2. The van der Waals surface area contributed by atoms with E-state index in [0.717, 1.165) is 29.6 Å². The fourth-order valence-corrected chi connectivity index (χ4v) is 3.09. The third kappa shape index (κ3) is 2.74. The third-order valence-electron chi connectivity index (χ3n) is 3.94. The maximum atomic E-state index is 5.57. The summed E-state index contributed by atoms with van der Waals surface area (Å²) in [6, 6.07) is 12.3. The molecule has 2 heterocycles. The molecule has 1 aliphatic rings. The minimum Gasteiger partial charge on any atom is -0.497 e. The molecule has 0 radical (unpaired) electrons. The summed E-state index contributed by atoms with van der Waals surface area (Å²) in [5.41, 5.74) is 2.29.